The van der Waals surface area contributed by atoms with E-state index in [0.717, 1.165) is 5.56 Å². The maximum atomic E-state index is 13.1. The van der Waals surface area contributed by atoms with Gasteiger partial charge in [0, 0.05) is 11.8 Å². The van der Waals surface area contributed by atoms with Crippen LogP contribution in [-0.4, -0.2) is 28.4 Å². The predicted molar refractivity (Wildman–Crippen MR) is 122 cm³/mol. The molecule has 32 heavy (non-hydrogen) atoms. The van der Waals surface area contributed by atoms with Crippen molar-refractivity contribution in [2.75, 3.05) is 11.5 Å². The molecule has 0 radical (unpaired) electrons. The highest BCUT2D eigenvalue weighted by molar-refractivity contribution is 6.51. The summed E-state index contributed by atoms with van der Waals surface area (Å²) >= 11 is 0. The number of hydrogen-bond donors (Lipinski definition) is 1. The average Bonchev–Trinajstić information content (AvgIpc) is 3.09. The standard InChI is InChI=1S/C26H22N2O4/c1-3-16-32-20-13-11-19(12-14-20)24(29)22-23(18-9-7-17(2)8-10-18)28(26(31)25(22)30)21-6-4-5-15-27-21/h3-15,23,29H,1,16H2,2H3/b24-22+. The number of carbonyl (C=O) groups excluding carboxylic acids is 2. The van der Waals surface area contributed by atoms with Crippen LogP contribution in [-0.2, 0) is 9.59 Å². The monoisotopic (exact) mass is 426 g/mol. The fourth-order valence-electron chi connectivity index (χ4n) is 3.65. The summed E-state index contributed by atoms with van der Waals surface area (Å²) in [6, 6.07) is 18.5. The van der Waals surface area contributed by atoms with Gasteiger partial charge in [0.2, 0.25) is 0 Å². The number of carbonyl (C=O) groups is 2. The molecule has 1 unspecified atom stereocenters. The van der Waals surface area contributed by atoms with Gasteiger partial charge in [-0.1, -0.05) is 48.6 Å². The second-order valence-electron chi connectivity index (χ2n) is 7.39. The van der Waals surface area contributed by atoms with E-state index in [2.05, 4.69) is 11.6 Å². The van der Waals surface area contributed by atoms with E-state index >= 15 is 0 Å². The molecule has 2 heterocycles. The lowest BCUT2D eigenvalue weighted by molar-refractivity contribution is -0.132. The summed E-state index contributed by atoms with van der Waals surface area (Å²) in [5.41, 5.74) is 2.17. The topological polar surface area (TPSA) is 79.7 Å². The Hall–Kier alpha value is -4.19. The van der Waals surface area contributed by atoms with E-state index in [-0.39, 0.29) is 11.3 Å². The summed E-state index contributed by atoms with van der Waals surface area (Å²) in [7, 11) is 0. The van der Waals surface area contributed by atoms with Gasteiger partial charge in [-0.15, -0.1) is 0 Å². The van der Waals surface area contributed by atoms with E-state index in [1.165, 1.54) is 4.90 Å². The third-order valence-electron chi connectivity index (χ3n) is 5.23. The molecule has 1 N–H and O–H groups in total. The summed E-state index contributed by atoms with van der Waals surface area (Å²) in [5, 5.41) is 11.1. The van der Waals surface area contributed by atoms with E-state index < -0.39 is 17.7 Å². The molecule has 1 atom stereocenters. The zero-order chi connectivity index (χ0) is 22.7. The number of rotatable bonds is 6. The molecule has 1 fully saturated rings. The number of aromatic nitrogens is 1. The second kappa shape index (κ2) is 8.89. The van der Waals surface area contributed by atoms with Gasteiger partial charge < -0.3 is 9.84 Å². The molecule has 1 amide bonds. The summed E-state index contributed by atoms with van der Waals surface area (Å²) < 4.78 is 5.48. The molecule has 6 heteroatoms. The van der Waals surface area contributed by atoms with E-state index in [9.17, 15) is 14.7 Å². The number of ether oxygens (including phenoxy) is 1. The average molecular weight is 426 g/mol. The smallest absolute Gasteiger partial charge is 0.301 e. The van der Waals surface area contributed by atoms with Gasteiger partial charge in [-0.25, -0.2) is 4.98 Å². The summed E-state index contributed by atoms with van der Waals surface area (Å²) in [5.74, 6) is -0.798. The number of ketones is 1. The Kier molecular flexibility index (Phi) is 5.85. The number of aliphatic hydroxyl groups excluding tert-OH is 1. The van der Waals surface area contributed by atoms with Crippen molar-refractivity contribution in [1.29, 1.82) is 0 Å². The highest BCUT2D eigenvalue weighted by atomic mass is 16.5. The number of anilines is 1. The predicted octanol–water partition coefficient (Wildman–Crippen LogP) is 4.58. The molecule has 4 rings (SSSR count). The Bertz CT molecular complexity index is 1180. The quantitative estimate of drug-likeness (QED) is 0.270. The summed E-state index contributed by atoms with van der Waals surface area (Å²) in [6.45, 7) is 5.92. The lowest BCUT2D eigenvalue weighted by Crippen LogP contribution is -2.30. The SMILES string of the molecule is C=CCOc1ccc(/C(O)=C2\C(=O)C(=O)N(c3ccccn3)C2c2ccc(C)cc2)cc1. The van der Waals surface area contributed by atoms with Crippen LogP contribution in [0.3, 0.4) is 0 Å². The highest BCUT2D eigenvalue weighted by Crippen LogP contribution is 2.41. The Morgan fingerprint density at radius 2 is 1.81 bits per heavy atom. The van der Waals surface area contributed by atoms with Gasteiger partial charge in [0.05, 0.1) is 11.6 Å². The van der Waals surface area contributed by atoms with Crippen LogP contribution in [0.25, 0.3) is 5.76 Å². The summed E-state index contributed by atoms with van der Waals surface area (Å²) in [4.78, 5) is 31.7. The minimum absolute atomic E-state index is 0.0178. The maximum Gasteiger partial charge on any atom is 0.301 e. The minimum atomic E-state index is -0.804. The lowest BCUT2D eigenvalue weighted by Gasteiger charge is -2.24. The van der Waals surface area contributed by atoms with Crippen molar-refractivity contribution in [2.24, 2.45) is 0 Å². The van der Waals surface area contributed by atoms with E-state index in [1.54, 1.807) is 54.7 Å². The van der Waals surface area contributed by atoms with Crippen molar-refractivity contribution in [1.82, 2.24) is 4.98 Å². The summed E-state index contributed by atoms with van der Waals surface area (Å²) in [6.07, 6.45) is 3.19. The number of pyridine rings is 1. The maximum absolute atomic E-state index is 13.1. The van der Waals surface area contributed by atoms with Crippen molar-refractivity contribution in [3.8, 4) is 5.75 Å². The van der Waals surface area contributed by atoms with Crippen molar-refractivity contribution < 1.29 is 19.4 Å². The van der Waals surface area contributed by atoms with Gasteiger partial charge in [-0.05, 0) is 48.9 Å². The molecule has 0 bridgehead atoms. The zero-order valence-corrected chi connectivity index (χ0v) is 17.6. The van der Waals surface area contributed by atoms with Crippen LogP contribution in [0.4, 0.5) is 5.82 Å². The van der Waals surface area contributed by atoms with Crippen LogP contribution in [0.2, 0.25) is 0 Å². The molecule has 1 aliphatic heterocycles. The van der Waals surface area contributed by atoms with Crippen molar-refractivity contribution in [3.63, 3.8) is 0 Å². The van der Waals surface area contributed by atoms with E-state index in [4.69, 9.17) is 4.74 Å². The second-order valence-corrected chi connectivity index (χ2v) is 7.39. The third-order valence-corrected chi connectivity index (χ3v) is 5.23. The fraction of sp³-hybridized carbons (Fsp3) is 0.115. The molecule has 1 aromatic heterocycles. The highest BCUT2D eigenvalue weighted by Gasteiger charge is 2.47. The molecule has 2 aromatic carbocycles. The molecule has 1 saturated heterocycles. The zero-order valence-electron chi connectivity index (χ0n) is 17.6. The Balaban J connectivity index is 1.84. The molecule has 0 spiro atoms. The Morgan fingerprint density at radius 3 is 2.44 bits per heavy atom. The van der Waals surface area contributed by atoms with Gasteiger partial charge in [-0.3, -0.25) is 14.5 Å². The normalized spacial score (nSPS) is 17.4. The van der Waals surface area contributed by atoms with Gasteiger partial charge >= 0.3 is 5.91 Å². The fourth-order valence-corrected chi connectivity index (χ4v) is 3.65. The first-order valence-corrected chi connectivity index (χ1v) is 10.1. The first-order valence-electron chi connectivity index (χ1n) is 10.1. The molecule has 3 aromatic rings. The molecule has 1 aliphatic rings. The first kappa shape index (κ1) is 21.1. The van der Waals surface area contributed by atoms with Crippen LogP contribution < -0.4 is 9.64 Å². The van der Waals surface area contributed by atoms with Gasteiger partial charge in [-0.2, -0.15) is 0 Å². The third kappa shape index (κ3) is 3.90. The molecule has 0 aliphatic carbocycles. The molecule has 0 saturated carbocycles. The van der Waals surface area contributed by atoms with Crippen LogP contribution in [0.5, 0.6) is 5.75 Å². The number of Topliss-reactive ketones (excluding diaryl/α,β-unsaturated/α-hetero) is 1. The number of aliphatic hydroxyl groups is 1. The number of hydrogen-bond acceptors (Lipinski definition) is 5. The van der Waals surface area contributed by atoms with Gasteiger partial charge in [0.25, 0.3) is 5.78 Å². The number of amides is 1. The Morgan fingerprint density at radius 1 is 1.09 bits per heavy atom. The minimum Gasteiger partial charge on any atom is -0.507 e. The van der Waals surface area contributed by atoms with Crippen LogP contribution in [0, 0.1) is 6.92 Å². The van der Waals surface area contributed by atoms with Crippen molar-refractivity contribution in [3.05, 3.63) is 108 Å². The van der Waals surface area contributed by atoms with Crippen LogP contribution in [0.1, 0.15) is 22.7 Å². The lowest BCUT2D eigenvalue weighted by atomic mass is 9.94. The van der Waals surface area contributed by atoms with E-state index in [1.807, 2.05) is 31.2 Å². The van der Waals surface area contributed by atoms with Gasteiger partial charge in [0.15, 0.2) is 0 Å². The van der Waals surface area contributed by atoms with E-state index in [0.29, 0.717) is 29.3 Å². The molecular formula is C26H22N2O4. The molecule has 160 valence electrons. The van der Waals surface area contributed by atoms with Crippen molar-refractivity contribution in [2.45, 2.75) is 13.0 Å². The first-order chi connectivity index (χ1) is 15.5. The number of aryl methyl sites for hydroxylation is 1. The largest absolute Gasteiger partial charge is 0.507 e. The van der Waals surface area contributed by atoms with Crippen molar-refractivity contribution >= 4 is 23.3 Å². The van der Waals surface area contributed by atoms with Crippen LogP contribution in [0.15, 0.2) is 91.2 Å². The molecule has 6 nitrogen and oxygen atoms in total. The Labute approximate surface area is 186 Å². The number of nitrogens with zero attached hydrogens (tertiary/aromatic N) is 2. The van der Waals surface area contributed by atoms with Gasteiger partial charge in [0.1, 0.15) is 23.9 Å². The molecular weight excluding hydrogens is 404 g/mol. The number of benzene rings is 2. The van der Waals surface area contributed by atoms with Crippen LogP contribution >= 0.6 is 0 Å².